The van der Waals surface area contributed by atoms with Crippen LogP contribution < -0.4 is 10.6 Å². The normalized spacial score (nSPS) is 12.0. The molecule has 0 aromatic heterocycles. The van der Waals surface area contributed by atoms with Crippen LogP contribution in [-0.4, -0.2) is 30.2 Å². The van der Waals surface area contributed by atoms with Gasteiger partial charge in [-0.2, -0.15) is 0 Å². The SMILES string of the molecule is C=C(Cl)CNC(=O)NCCC(CCC(=O)O)C(C)C. The Bertz CT molecular complexity index is 319. The number of carboxylic acids is 1. The van der Waals surface area contributed by atoms with E-state index in [-0.39, 0.29) is 19.0 Å². The molecule has 0 fully saturated rings. The van der Waals surface area contributed by atoms with Crippen LogP contribution in [0.3, 0.4) is 0 Å². The summed E-state index contributed by atoms with van der Waals surface area (Å²) in [6.45, 7) is 8.34. The van der Waals surface area contributed by atoms with E-state index < -0.39 is 5.97 Å². The maximum absolute atomic E-state index is 11.3. The van der Waals surface area contributed by atoms with Crippen LogP contribution in [0.25, 0.3) is 0 Å². The molecule has 0 saturated carbocycles. The molecule has 0 aromatic rings. The minimum Gasteiger partial charge on any atom is -0.481 e. The number of urea groups is 1. The van der Waals surface area contributed by atoms with Gasteiger partial charge in [-0.15, -0.1) is 0 Å². The first kappa shape index (κ1) is 17.8. The molecule has 0 aliphatic rings. The lowest BCUT2D eigenvalue weighted by molar-refractivity contribution is -0.137. The Kier molecular flexibility index (Phi) is 9.04. The summed E-state index contributed by atoms with van der Waals surface area (Å²) in [5, 5.41) is 14.3. The number of aliphatic carboxylic acids is 1. The van der Waals surface area contributed by atoms with E-state index in [1.54, 1.807) is 0 Å². The summed E-state index contributed by atoms with van der Waals surface area (Å²) < 4.78 is 0. The maximum Gasteiger partial charge on any atom is 0.315 e. The van der Waals surface area contributed by atoms with Crippen LogP contribution in [0.4, 0.5) is 4.79 Å². The summed E-state index contributed by atoms with van der Waals surface area (Å²) in [7, 11) is 0. The average molecular weight is 291 g/mol. The van der Waals surface area contributed by atoms with Gasteiger partial charge in [-0.1, -0.05) is 32.0 Å². The van der Waals surface area contributed by atoms with Crippen LogP contribution >= 0.6 is 11.6 Å². The van der Waals surface area contributed by atoms with Crippen molar-refractivity contribution in [1.29, 1.82) is 0 Å². The zero-order valence-electron chi connectivity index (χ0n) is 11.5. The van der Waals surface area contributed by atoms with Crippen LogP contribution in [-0.2, 0) is 4.79 Å². The van der Waals surface area contributed by atoms with Gasteiger partial charge in [-0.3, -0.25) is 4.79 Å². The zero-order chi connectivity index (χ0) is 14.8. The van der Waals surface area contributed by atoms with E-state index >= 15 is 0 Å². The van der Waals surface area contributed by atoms with Crippen molar-refractivity contribution in [3.05, 3.63) is 11.6 Å². The summed E-state index contributed by atoms with van der Waals surface area (Å²) in [6, 6.07) is -0.289. The lowest BCUT2D eigenvalue weighted by Gasteiger charge is -2.20. The molecule has 5 nitrogen and oxygen atoms in total. The highest BCUT2D eigenvalue weighted by atomic mass is 35.5. The summed E-state index contributed by atoms with van der Waals surface area (Å²) in [6.07, 6.45) is 1.57. The number of hydrogen-bond acceptors (Lipinski definition) is 2. The van der Waals surface area contributed by atoms with Gasteiger partial charge >= 0.3 is 12.0 Å². The second kappa shape index (κ2) is 9.67. The third-order valence-corrected chi connectivity index (χ3v) is 3.05. The minimum absolute atomic E-state index is 0.168. The highest BCUT2D eigenvalue weighted by Crippen LogP contribution is 2.20. The van der Waals surface area contributed by atoms with Gasteiger partial charge in [0.15, 0.2) is 0 Å². The van der Waals surface area contributed by atoms with Crippen molar-refractivity contribution in [2.24, 2.45) is 11.8 Å². The molecule has 0 bridgehead atoms. The van der Waals surface area contributed by atoms with Crippen LogP contribution in [0.2, 0.25) is 0 Å². The highest BCUT2D eigenvalue weighted by molar-refractivity contribution is 6.29. The molecule has 19 heavy (non-hydrogen) atoms. The second-order valence-electron chi connectivity index (χ2n) is 4.85. The van der Waals surface area contributed by atoms with Gasteiger partial charge < -0.3 is 15.7 Å². The number of halogens is 1. The molecule has 1 unspecified atom stereocenters. The lowest BCUT2D eigenvalue weighted by atomic mass is 9.88. The van der Waals surface area contributed by atoms with Crippen LogP contribution in [0.15, 0.2) is 11.6 Å². The fourth-order valence-corrected chi connectivity index (χ4v) is 1.80. The monoisotopic (exact) mass is 290 g/mol. The van der Waals surface area contributed by atoms with Gasteiger partial charge in [0.25, 0.3) is 0 Å². The number of hydrogen-bond donors (Lipinski definition) is 3. The molecule has 1 atom stereocenters. The van der Waals surface area contributed by atoms with Crippen molar-refractivity contribution in [2.45, 2.75) is 33.1 Å². The number of carbonyl (C=O) groups is 2. The summed E-state index contributed by atoms with van der Waals surface area (Å²) in [5.74, 6) is -0.0943. The third kappa shape index (κ3) is 10.4. The Morgan fingerprint density at radius 2 is 1.89 bits per heavy atom. The first-order chi connectivity index (χ1) is 8.82. The van der Waals surface area contributed by atoms with E-state index in [9.17, 15) is 9.59 Å². The summed E-state index contributed by atoms with van der Waals surface area (Å²) in [4.78, 5) is 21.9. The van der Waals surface area contributed by atoms with Gasteiger partial charge in [0.05, 0.1) is 6.54 Å². The number of carboxylic acid groups (broad SMARTS) is 1. The van der Waals surface area contributed by atoms with Gasteiger partial charge in [0.1, 0.15) is 0 Å². The molecular formula is C13H23ClN2O3. The average Bonchev–Trinajstić information content (AvgIpc) is 2.30. The second-order valence-corrected chi connectivity index (χ2v) is 5.39. The van der Waals surface area contributed by atoms with Crippen molar-refractivity contribution >= 4 is 23.6 Å². The Balaban J connectivity index is 3.89. The van der Waals surface area contributed by atoms with Crippen molar-refractivity contribution in [3.8, 4) is 0 Å². The van der Waals surface area contributed by atoms with Crippen LogP contribution in [0.1, 0.15) is 33.1 Å². The molecule has 2 amide bonds. The fraction of sp³-hybridized carbons (Fsp3) is 0.692. The van der Waals surface area contributed by atoms with Crippen LogP contribution in [0.5, 0.6) is 0 Å². The van der Waals surface area contributed by atoms with Crippen molar-refractivity contribution < 1.29 is 14.7 Å². The molecule has 0 saturated heterocycles. The van der Waals surface area contributed by atoms with E-state index in [4.69, 9.17) is 16.7 Å². The van der Waals surface area contributed by atoms with E-state index in [0.29, 0.717) is 29.8 Å². The standard InChI is InChI=1S/C13H23ClN2O3/c1-9(2)11(4-5-12(17)18)6-7-15-13(19)16-8-10(3)14/h9,11H,3-8H2,1-2H3,(H,17,18)(H2,15,16,19). The largest absolute Gasteiger partial charge is 0.481 e. The highest BCUT2D eigenvalue weighted by Gasteiger charge is 2.15. The van der Waals surface area contributed by atoms with Gasteiger partial charge in [-0.25, -0.2) is 4.79 Å². The number of nitrogens with one attached hydrogen (secondary N) is 2. The van der Waals surface area contributed by atoms with E-state index in [1.807, 2.05) is 0 Å². The van der Waals surface area contributed by atoms with Gasteiger partial charge in [-0.05, 0) is 24.7 Å². The third-order valence-electron chi connectivity index (χ3n) is 2.91. The van der Waals surface area contributed by atoms with Crippen molar-refractivity contribution in [1.82, 2.24) is 10.6 Å². The van der Waals surface area contributed by atoms with Gasteiger partial charge in [0, 0.05) is 18.0 Å². The van der Waals surface area contributed by atoms with E-state index in [1.165, 1.54) is 0 Å². The smallest absolute Gasteiger partial charge is 0.315 e. The maximum atomic E-state index is 11.3. The molecule has 0 spiro atoms. The van der Waals surface area contributed by atoms with Crippen molar-refractivity contribution in [2.75, 3.05) is 13.1 Å². The first-order valence-electron chi connectivity index (χ1n) is 6.39. The lowest BCUT2D eigenvalue weighted by Crippen LogP contribution is -2.37. The van der Waals surface area contributed by atoms with E-state index in [2.05, 4.69) is 31.1 Å². The summed E-state index contributed by atoms with van der Waals surface area (Å²) in [5.41, 5.74) is 0. The Morgan fingerprint density at radius 3 is 2.37 bits per heavy atom. The molecule has 0 aliphatic carbocycles. The van der Waals surface area contributed by atoms with Gasteiger partial charge in [0.2, 0.25) is 0 Å². The quantitative estimate of drug-likeness (QED) is 0.611. The number of rotatable bonds is 9. The van der Waals surface area contributed by atoms with Crippen molar-refractivity contribution in [3.63, 3.8) is 0 Å². The molecule has 0 rings (SSSR count). The number of carbonyl (C=O) groups excluding carboxylic acids is 1. The molecular weight excluding hydrogens is 268 g/mol. The topological polar surface area (TPSA) is 78.4 Å². The molecule has 110 valence electrons. The molecule has 0 radical (unpaired) electrons. The van der Waals surface area contributed by atoms with Crippen LogP contribution in [0, 0.1) is 11.8 Å². The summed E-state index contributed by atoms with van der Waals surface area (Å²) >= 11 is 5.53. The first-order valence-corrected chi connectivity index (χ1v) is 6.77. The Morgan fingerprint density at radius 1 is 1.26 bits per heavy atom. The zero-order valence-corrected chi connectivity index (χ0v) is 12.3. The minimum atomic E-state index is -0.781. The molecule has 3 N–H and O–H groups in total. The molecule has 6 heteroatoms. The Labute approximate surface area is 119 Å². The molecule has 0 aliphatic heterocycles. The molecule has 0 aromatic carbocycles. The predicted molar refractivity (Wildman–Crippen MR) is 76.2 cm³/mol. The predicted octanol–water partition coefficient (Wildman–Crippen LogP) is 2.57. The fourth-order valence-electron chi connectivity index (χ4n) is 1.73. The number of amides is 2. The van der Waals surface area contributed by atoms with E-state index in [0.717, 1.165) is 6.42 Å². The molecule has 0 heterocycles. The Hall–Kier alpha value is -1.23.